The Morgan fingerprint density at radius 1 is 1.00 bits per heavy atom. The summed E-state index contributed by atoms with van der Waals surface area (Å²) < 4.78 is 10.5. The average Bonchev–Trinajstić information content (AvgIpc) is 2.73. The summed E-state index contributed by atoms with van der Waals surface area (Å²) in [6.45, 7) is 0. The first-order valence-corrected chi connectivity index (χ1v) is 9.35. The lowest BCUT2D eigenvalue weighted by Gasteiger charge is -2.13. The van der Waals surface area contributed by atoms with Crippen LogP contribution in [0.2, 0.25) is 0 Å². The zero-order valence-corrected chi connectivity index (χ0v) is 16.0. The minimum atomic E-state index is -0.212. The third kappa shape index (κ3) is 4.80. The molecule has 0 aliphatic heterocycles. The molecular weight excluding hydrogens is 360 g/mol. The van der Waals surface area contributed by atoms with Crippen LogP contribution in [0.15, 0.2) is 71.8 Å². The third-order valence-corrected chi connectivity index (χ3v) is 5.04. The van der Waals surface area contributed by atoms with Crippen molar-refractivity contribution in [1.29, 1.82) is 0 Å². The highest BCUT2D eigenvalue weighted by Crippen LogP contribution is 2.33. The van der Waals surface area contributed by atoms with Crippen molar-refractivity contribution in [3.63, 3.8) is 0 Å². The molecule has 0 aliphatic rings. The first kappa shape index (κ1) is 18.8. The molecule has 0 atom stereocenters. The Labute approximate surface area is 162 Å². The number of hydrogen-bond donors (Lipinski definition) is 1. The molecule has 0 unspecified atom stereocenters. The number of anilines is 1. The van der Waals surface area contributed by atoms with E-state index >= 15 is 0 Å². The van der Waals surface area contributed by atoms with Gasteiger partial charge in [-0.3, -0.25) is 4.79 Å². The highest BCUT2D eigenvalue weighted by molar-refractivity contribution is 7.98. The zero-order chi connectivity index (χ0) is 19.1. The summed E-state index contributed by atoms with van der Waals surface area (Å²) >= 11 is 1.53. The first-order valence-electron chi connectivity index (χ1n) is 8.36. The number of nitrogens with zero attached hydrogens (tertiary/aromatic N) is 1. The van der Waals surface area contributed by atoms with Crippen LogP contribution in [0, 0.1) is 0 Å². The lowest BCUT2D eigenvalue weighted by Crippen LogP contribution is -2.14. The number of carbonyl (C=O) groups is 1. The predicted molar refractivity (Wildman–Crippen MR) is 108 cm³/mol. The summed E-state index contributed by atoms with van der Waals surface area (Å²) in [5.74, 6) is 1.68. The molecule has 0 bridgehead atoms. The Balaban J connectivity index is 1.81. The molecule has 0 saturated heterocycles. The fourth-order valence-electron chi connectivity index (χ4n) is 2.50. The molecule has 1 heterocycles. The molecule has 0 fully saturated rings. The van der Waals surface area contributed by atoms with Crippen molar-refractivity contribution in [3.8, 4) is 11.6 Å². The molecule has 27 heavy (non-hydrogen) atoms. The summed E-state index contributed by atoms with van der Waals surface area (Å²) in [5, 5.41) is 2.91. The number of ether oxygens (including phenoxy) is 2. The van der Waals surface area contributed by atoms with Gasteiger partial charge in [0, 0.05) is 17.6 Å². The number of thioether (sulfide) groups is 1. The van der Waals surface area contributed by atoms with Crippen molar-refractivity contribution in [2.24, 2.45) is 0 Å². The number of methoxy groups -OCH3 is 2. The molecular formula is C21H20N2O3S. The number of amides is 1. The second kappa shape index (κ2) is 9.09. The number of nitrogens with one attached hydrogen (secondary N) is 1. The molecule has 0 radical (unpaired) electrons. The van der Waals surface area contributed by atoms with Crippen molar-refractivity contribution in [2.45, 2.75) is 10.6 Å². The van der Waals surface area contributed by atoms with Crippen molar-refractivity contribution < 1.29 is 14.3 Å². The van der Waals surface area contributed by atoms with Crippen molar-refractivity contribution in [3.05, 3.63) is 78.0 Å². The number of hydrogen-bond acceptors (Lipinski definition) is 5. The van der Waals surface area contributed by atoms with Gasteiger partial charge in [0.15, 0.2) is 0 Å². The standard InChI is InChI=1S/C21H20N2O3S/c1-25-17-10-8-16(9-11-17)23-20(24)18-12-13-22-21(26-2)19(18)27-14-15-6-4-3-5-7-15/h3-13H,14H2,1-2H3,(H,23,24). The molecule has 5 nitrogen and oxygen atoms in total. The molecule has 1 aromatic heterocycles. The van der Waals surface area contributed by atoms with Gasteiger partial charge in [-0.25, -0.2) is 4.98 Å². The van der Waals surface area contributed by atoms with Gasteiger partial charge in [-0.15, -0.1) is 11.8 Å². The van der Waals surface area contributed by atoms with Crippen molar-refractivity contribution in [1.82, 2.24) is 4.98 Å². The number of pyridine rings is 1. The fourth-order valence-corrected chi connectivity index (χ4v) is 3.57. The van der Waals surface area contributed by atoms with Crippen LogP contribution in [0.3, 0.4) is 0 Å². The van der Waals surface area contributed by atoms with E-state index in [2.05, 4.69) is 10.3 Å². The molecule has 1 amide bonds. The van der Waals surface area contributed by atoms with E-state index in [1.807, 2.05) is 30.3 Å². The maximum absolute atomic E-state index is 12.8. The Bertz CT molecular complexity index is 899. The maximum atomic E-state index is 12.8. The van der Waals surface area contributed by atoms with E-state index in [1.165, 1.54) is 11.8 Å². The molecule has 3 rings (SSSR count). The largest absolute Gasteiger partial charge is 0.497 e. The lowest BCUT2D eigenvalue weighted by atomic mass is 10.2. The summed E-state index contributed by atoms with van der Waals surface area (Å²) in [6, 6.07) is 19.0. The fraction of sp³-hybridized carbons (Fsp3) is 0.143. The third-order valence-electron chi connectivity index (χ3n) is 3.88. The van der Waals surface area contributed by atoms with Gasteiger partial charge in [-0.2, -0.15) is 0 Å². The van der Waals surface area contributed by atoms with E-state index in [-0.39, 0.29) is 5.91 Å². The highest BCUT2D eigenvalue weighted by Gasteiger charge is 2.17. The van der Waals surface area contributed by atoms with E-state index in [4.69, 9.17) is 9.47 Å². The van der Waals surface area contributed by atoms with Crippen LogP contribution in [-0.4, -0.2) is 25.1 Å². The molecule has 0 saturated carbocycles. The number of benzene rings is 2. The smallest absolute Gasteiger partial charge is 0.257 e. The van der Waals surface area contributed by atoms with Crippen LogP contribution in [0.5, 0.6) is 11.6 Å². The summed E-state index contributed by atoms with van der Waals surface area (Å²) in [4.78, 5) is 17.8. The van der Waals surface area contributed by atoms with Gasteiger partial charge >= 0.3 is 0 Å². The quantitative estimate of drug-likeness (QED) is 0.605. The van der Waals surface area contributed by atoms with Crippen LogP contribution in [-0.2, 0) is 5.75 Å². The molecule has 2 aromatic carbocycles. The zero-order valence-electron chi connectivity index (χ0n) is 15.1. The van der Waals surface area contributed by atoms with E-state index in [0.29, 0.717) is 22.9 Å². The number of aromatic nitrogens is 1. The SMILES string of the molecule is COc1ccc(NC(=O)c2ccnc(OC)c2SCc2ccccc2)cc1. The van der Waals surface area contributed by atoms with Gasteiger partial charge in [0.25, 0.3) is 5.91 Å². The van der Waals surface area contributed by atoms with Crippen LogP contribution in [0.4, 0.5) is 5.69 Å². The van der Waals surface area contributed by atoms with Gasteiger partial charge < -0.3 is 14.8 Å². The Morgan fingerprint density at radius 2 is 1.74 bits per heavy atom. The summed E-state index contributed by atoms with van der Waals surface area (Å²) in [5.41, 5.74) is 2.38. The van der Waals surface area contributed by atoms with E-state index in [9.17, 15) is 4.79 Å². The Morgan fingerprint density at radius 3 is 2.41 bits per heavy atom. The second-order valence-corrected chi connectivity index (χ2v) is 6.64. The van der Waals surface area contributed by atoms with Crippen molar-refractivity contribution >= 4 is 23.4 Å². The van der Waals surface area contributed by atoms with E-state index in [1.54, 1.807) is 50.7 Å². The van der Waals surface area contributed by atoms with E-state index < -0.39 is 0 Å². The maximum Gasteiger partial charge on any atom is 0.257 e. The van der Waals surface area contributed by atoms with Gasteiger partial charge in [0.2, 0.25) is 5.88 Å². The molecule has 6 heteroatoms. The van der Waals surface area contributed by atoms with Gasteiger partial charge in [0.1, 0.15) is 5.75 Å². The monoisotopic (exact) mass is 380 g/mol. The molecule has 0 spiro atoms. The van der Waals surface area contributed by atoms with Gasteiger partial charge in [0.05, 0.1) is 24.7 Å². The highest BCUT2D eigenvalue weighted by atomic mass is 32.2. The van der Waals surface area contributed by atoms with Gasteiger partial charge in [-0.05, 0) is 35.9 Å². The molecule has 1 N–H and O–H groups in total. The topological polar surface area (TPSA) is 60.5 Å². The Kier molecular flexibility index (Phi) is 6.33. The van der Waals surface area contributed by atoms with Crippen LogP contribution < -0.4 is 14.8 Å². The van der Waals surface area contributed by atoms with Crippen LogP contribution in [0.25, 0.3) is 0 Å². The average molecular weight is 380 g/mol. The normalized spacial score (nSPS) is 10.3. The summed E-state index contributed by atoms with van der Waals surface area (Å²) in [7, 11) is 3.16. The minimum absolute atomic E-state index is 0.212. The lowest BCUT2D eigenvalue weighted by molar-refractivity contribution is 0.102. The molecule has 3 aromatic rings. The number of rotatable bonds is 7. The number of carbonyl (C=O) groups excluding carboxylic acids is 1. The second-order valence-electron chi connectivity index (χ2n) is 5.65. The van der Waals surface area contributed by atoms with Crippen LogP contribution in [0.1, 0.15) is 15.9 Å². The van der Waals surface area contributed by atoms with E-state index in [0.717, 1.165) is 16.2 Å². The molecule has 138 valence electrons. The van der Waals surface area contributed by atoms with Gasteiger partial charge in [-0.1, -0.05) is 30.3 Å². The Hall–Kier alpha value is -2.99. The summed E-state index contributed by atoms with van der Waals surface area (Å²) in [6.07, 6.45) is 1.58. The first-order chi connectivity index (χ1) is 13.2. The van der Waals surface area contributed by atoms with Crippen LogP contribution >= 0.6 is 11.8 Å². The molecule has 0 aliphatic carbocycles. The predicted octanol–water partition coefficient (Wildman–Crippen LogP) is 4.64. The van der Waals surface area contributed by atoms with Crippen molar-refractivity contribution in [2.75, 3.05) is 19.5 Å². The minimum Gasteiger partial charge on any atom is -0.497 e.